The molecule has 2 aromatic heterocycles. The van der Waals surface area contributed by atoms with Crippen LogP contribution in [0, 0.1) is 11.8 Å². The van der Waals surface area contributed by atoms with E-state index in [9.17, 15) is 23.6 Å². The number of carbonyl (C=O) groups is 3. The Bertz CT molecular complexity index is 1490. The number of imidazole rings is 1. The summed E-state index contributed by atoms with van der Waals surface area (Å²) in [6.07, 6.45) is 15.8. The molecule has 0 amide bonds. The zero-order valence-corrected chi connectivity index (χ0v) is 33.1. The molecule has 15 nitrogen and oxygen atoms in total. The van der Waals surface area contributed by atoms with Crippen molar-refractivity contribution in [2.24, 2.45) is 17.6 Å². The molecular formula is C39H65FN6O9. The number of hydrogen-bond donors (Lipinski definition) is 3. The van der Waals surface area contributed by atoms with Crippen LogP contribution in [0.3, 0.4) is 0 Å². The molecule has 1 unspecified atom stereocenters. The lowest BCUT2D eigenvalue weighted by atomic mass is 10.0. The number of nitrogens with two attached hydrogens (primary N) is 2. The van der Waals surface area contributed by atoms with Crippen molar-refractivity contribution < 1.29 is 42.5 Å². The van der Waals surface area contributed by atoms with Gasteiger partial charge in [-0.2, -0.15) is 4.98 Å². The number of carbonyl (C=O) groups excluding carboxylic acids is 3. The van der Waals surface area contributed by atoms with E-state index in [2.05, 4.69) is 21.9 Å². The van der Waals surface area contributed by atoms with Gasteiger partial charge in [0.1, 0.15) is 31.2 Å². The zero-order chi connectivity index (χ0) is 40.0. The van der Waals surface area contributed by atoms with Crippen LogP contribution in [0.4, 0.5) is 15.1 Å². The number of anilines is 1. The average Bonchev–Trinajstić information content (AvgIpc) is 3.75. The molecule has 2 aromatic rings. The standard InChI is InChI=1S/C39H65FN6O9/c1-4-5-6-7-8-9-10-11-12-13-14-15-16-17-18-19-32(47)52-23-28(24-53-37(49)33(41)27(2)3)20-21-51-39(50)54-25-30-29(40)22-31(55-30)46-26-43-34-35(46)44-38(42)45-36(34)48/h26-31,33H,4-25,41H2,1-3H3,(H3,42,44,45,48)/t28?,29-,30+,31+,33-/m0/s1. The van der Waals surface area contributed by atoms with Crippen LogP contribution in [0.5, 0.6) is 0 Å². The molecule has 1 fully saturated rings. The molecule has 0 spiro atoms. The fourth-order valence-corrected chi connectivity index (χ4v) is 6.37. The lowest BCUT2D eigenvalue weighted by molar-refractivity contribution is -0.151. The summed E-state index contributed by atoms with van der Waals surface area (Å²) >= 11 is 0. The fourth-order valence-electron chi connectivity index (χ4n) is 6.37. The van der Waals surface area contributed by atoms with E-state index >= 15 is 0 Å². The molecule has 3 heterocycles. The van der Waals surface area contributed by atoms with Crippen molar-refractivity contribution in [3.05, 3.63) is 16.7 Å². The number of H-pyrrole nitrogens is 1. The van der Waals surface area contributed by atoms with Gasteiger partial charge in [0.05, 0.1) is 26.1 Å². The van der Waals surface area contributed by atoms with E-state index in [4.69, 9.17) is 35.2 Å². The van der Waals surface area contributed by atoms with E-state index < -0.39 is 54.8 Å². The Morgan fingerprint density at radius 2 is 1.53 bits per heavy atom. The first-order chi connectivity index (χ1) is 26.5. The highest BCUT2D eigenvalue weighted by Gasteiger charge is 2.38. The normalized spacial score (nSPS) is 18.0. The molecule has 3 rings (SSSR count). The van der Waals surface area contributed by atoms with Gasteiger partial charge in [0.15, 0.2) is 11.2 Å². The van der Waals surface area contributed by atoms with Crippen molar-refractivity contribution in [3.8, 4) is 0 Å². The number of nitrogen functional groups attached to an aromatic ring is 1. The molecule has 1 aliphatic heterocycles. The quantitative estimate of drug-likeness (QED) is 0.0460. The number of aromatic nitrogens is 4. The van der Waals surface area contributed by atoms with Crippen molar-refractivity contribution in [1.29, 1.82) is 0 Å². The largest absolute Gasteiger partial charge is 0.508 e. The summed E-state index contributed by atoms with van der Waals surface area (Å²) in [6, 6.07) is -0.805. The summed E-state index contributed by atoms with van der Waals surface area (Å²) in [4.78, 5) is 59.8. The molecule has 0 aromatic carbocycles. The Kier molecular flexibility index (Phi) is 21.0. The first-order valence-corrected chi connectivity index (χ1v) is 20.4. The van der Waals surface area contributed by atoms with Gasteiger partial charge in [-0.1, -0.05) is 111 Å². The molecule has 5 N–H and O–H groups in total. The molecule has 0 aliphatic carbocycles. The smallest absolute Gasteiger partial charge is 0.465 e. The van der Waals surface area contributed by atoms with E-state index in [0.717, 1.165) is 19.3 Å². The summed E-state index contributed by atoms with van der Waals surface area (Å²) in [5.74, 6) is -1.62. The first kappa shape index (κ1) is 45.6. The van der Waals surface area contributed by atoms with Gasteiger partial charge in [0, 0.05) is 18.8 Å². The Balaban J connectivity index is 1.32. The number of halogens is 1. The Morgan fingerprint density at radius 1 is 0.927 bits per heavy atom. The van der Waals surface area contributed by atoms with Gasteiger partial charge in [-0.25, -0.2) is 14.2 Å². The van der Waals surface area contributed by atoms with Crippen LogP contribution in [0.15, 0.2) is 11.1 Å². The van der Waals surface area contributed by atoms with E-state index in [0.29, 0.717) is 6.42 Å². The third-order valence-electron chi connectivity index (χ3n) is 9.95. The number of aromatic amines is 1. The summed E-state index contributed by atoms with van der Waals surface area (Å²) in [5, 5.41) is 0. The second-order valence-electron chi connectivity index (χ2n) is 15.0. The number of ether oxygens (including phenoxy) is 5. The van der Waals surface area contributed by atoms with Crippen LogP contribution in [0.25, 0.3) is 11.2 Å². The van der Waals surface area contributed by atoms with Crippen LogP contribution < -0.4 is 17.0 Å². The van der Waals surface area contributed by atoms with Crippen molar-refractivity contribution in [2.75, 3.05) is 32.2 Å². The summed E-state index contributed by atoms with van der Waals surface area (Å²) in [7, 11) is 0. The summed E-state index contributed by atoms with van der Waals surface area (Å²) < 4.78 is 43.2. The minimum atomic E-state index is -1.49. The third kappa shape index (κ3) is 16.9. The average molecular weight is 781 g/mol. The number of alkyl halides is 1. The van der Waals surface area contributed by atoms with Gasteiger partial charge in [-0.05, 0) is 18.8 Å². The highest BCUT2D eigenvalue weighted by molar-refractivity contribution is 5.75. The monoisotopic (exact) mass is 780 g/mol. The molecule has 16 heteroatoms. The van der Waals surface area contributed by atoms with Gasteiger partial charge in [0.2, 0.25) is 5.95 Å². The van der Waals surface area contributed by atoms with Crippen LogP contribution in [-0.4, -0.2) is 82.4 Å². The fraction of sp³-hybridized carbons (Fsp3) is 0.795. The number of hydrogen-bond acceptors (Lipinski definition) is 13. The number of unbranched alkanes of at least 4 members (excludes halogenated alkanes) is 14. The maximum absolute atomic E-state index is 14.8. The van der Waals surface area contributed by atoms with Crippen LogP contribution in [0.1, 0.15) is 143 Å². The lowest BCUT2D eigenvalue weighted by Crippen LogP contribution is -2.38. The molecule has 1 aliphatic rings. The molecule has 1 saturated heterocycles. The Labute approximate surface area is 324 Å². The van der Waals surface area contributed by atoms with Crippen molar-refractivity contribution in [3.63, 3.8) is 0 Å². The minimum Gasteiger partial charge on any atom is -0.465 e. The molecule has 312 valence electrons. The Hall–Kier alpha value is -3.79. The van der Waals surface area contributed by atoms with Gasteiger partial charge in [-0.15, -0.1) is 0 Å². The number of nitrogens with zero attached hydrogens (tertiary/aromatic N) is 3. The summed E-state index contributed by atoms with van der Waals surface area (Å²) in [6.45, 7) is 5.18. The lowest BCUT2D eigenvalue weighted by Gasteiger charge is -2.20. The minimum absolute atomic E-state index is 0.0299. The first-order valence-electron chi connectivity index (χ1n) is 20.4. The molecule has 0 radical (unpaired) electrons. The van der Waals surface area contributed by atoms with Gasteiger partial charge in [-0.3, -0.25) is 23.9 Å². The van der Waals surface area contributed by atoms with E-state index in [1.165, 1.54) is 87.9 Å². The van der Waals surface area contributed by atoms with E-state index in [1.54, 1.807) is 13.8 Å². The van der Waals surface area contributed by atoms with Gasteiger partial charge < -0.3 is 35.2 Å². The number of nitrogens with one attached hydrogen (secondary N) is 1. The SMILES string of the molecule is CCCCCCCCCCCCCCCCCC(=O)OCC(CCOC(=O)OC[C@H]1O[C@@H](n2cnc3c(=O)[nH]c(N)nc32)C[C@@H]1F)COC(=O)[C@@H](N)C(C)C. The molecular weight excluding hydrogens is 715 g/mol. The number of esters is 2. The van der Waals surface area contributed by atoms with Gasteiger partial charge in [0.25, 0.3) is 5.56 Å². The molecule has 0 bridgehead atoms. The molecule has 55 heavy (non-hydrogen) atoms. The maximum Gasteiger partial charge on any atom is 0.508 e. The van der Waals surface area contributed by atoms with Gasteiger partial charge >= 0.3 is 18.1 Å². The van der Waals surface area contributed by atoms with Crippen molar-refractivity contribution in [1.82, 2.24) is 19.5 Å². The molecule has 0 saturated carbocycles. The van der Waals surface area contributed by atoms with Crippen molar-refractivity contribution >= 4 is 35.2 Å². The predicted octanol–water partition coefficient (Wildman–Crippen LogP) is 6.82. The Morgan fingerprint density at radius 3 is 2.15 bits per heavy atom. The second-order valence-corrected chi connectivity index (χ2v) is 15.0. The maximum atomic E-state index is 14.8. The predicted molar refractivity (Wildman–Crippen MR) is 206 cm³/mol. The number of rotatable bonds is 28. The summed E-state index contributed by atoms with van der Waals surface area (Å²) in [5.41, 5.74) is 11.2. The highest BCUT2D eigenvalue weighted by atomic mass is 19.1. The highest BCUT2D eigenvalue weighted by Crippen LogP contribution is 2.32. The second kappa shape index (κ2) is 25.4. The van der Waals surface area contributed by atoms with Crippen LogP contribution in [-0.2, 0) is 33.3 Å². The number of fused-ring (bicyclic) bond motifs is 1. The van der Waals surface area contributed by atoms with E-state index in [1.807, 2.05) is 0 Å². The topological polar surface area (TPSA) is 213 Å². The van der Waals surface area contributed by atoms with E-state index in [-0.39, 0.29) is 61.7 Å². The van der Waals surface area contributed by atoms with Crippen LogP contribution in [0.2, 0.25) is 0 Å². The van der Waals surface area contributed by atoms with Crippen LogP contribution >= 0.6 is 0 Å². The zero-order valence-electron chi connectivity index (χ0n) is 33.1. The van der Waals surface area contributed by atoms with Crippen molar-refractivity contribution in [2.45, 2.75) is 161 Å². The molecule has 5 atom stereocenters. The third-order valence-corrected chi connectivity index (χ3v) is 9.95.